The summed E-state index contributed by atoms with van der Waals surface area (Å²) in [5.41, 5.74) is -1.01. The lowest BCUT2D eigenvalue weighted by atomic mass is 9.97. The summed E-state index contributed by atoms with van der Waals surface area (Å²) in [5.74, 6) is 0.553. The number of hydrogen-bond acceptors (Lipinski definition) is 5. The van der Waals surface area contributed by atoms with Crippen LogP contribution in [0.2, 0.25) is 0 Å². The Balaban J connectivity index is 1.94. The molecule has 0 bridgehead atoms. The second kappa shape index (κ2) is 5.26. The number of nitrogens with zero attached hydrogens (tertiary/aromatic N) is 2. The molecule has 2 heterocycles. The molecule has 19 heavy (non-hydrogen) atoms. The van der Waals surface area contributed by atoms with E-state index in [0.717, 1.165) is 0 Å². The molecule has 2 atom stereocenters. The predicted molar refractivity (Wildman–Crippen MR) is 67.8 cm³/mol. The average molecular weight is 268 g/mol. The van der Waals surface area contributed by atoms with E-state index in [1.54, 1.807) is 6.92 Å². The predicted octanol–water partition coefficient (Wildman–Crippen LogP) is 0.198. The van der Waals surface area contributed by atoms with E-state index in [1.807, 2.05) is 13.8 Å². The number of aliphatic hydroxyl groups is 1. The third kappa shape index (κ3) is 2.93. The van der Waals surface area contributed by atoms with Gasteiger partial charge in [0.15, 0.2) is 0 Å². The molecule has 0 spiro atoms. The fourth-order valence-electron chi connectivity index (χ4n) is 1.95. The Hall–Kier alpha value is -1.47. The summed E-state index contributed by atoms with van der Waals surface area (Å²) in [6.07, 6.45) is 0.228. The van der Waals surface area contributed by atoms with E-state index in [-0.39, 0.29) is 24.4 Å². The minimum Gasteiger partial charge on any atom is -0.385 e. The molecule has 1 saturated heterocycles. The molecular formula is C12H20N4O3. The third-order valence-corrected chi connectivity index (χ3v) is 3.47. The van der Waals surface area contributed by atoms with E-state index in [1.165, 1.54) is 0 Å². The fourth-order valence-corrected chi connectivity index (χ4v) is 1.95. The quantitative estimate of drug-likeness (QED) is 0.724. The van der Waals surface area contributed by atoms with Gasteiger partial charge in [0, 0.05) is 25.5 Å². The molecule has 2 rings (SSSR count). The maximum absolute atomic E-state index is 11.9. The highest BCUT2D eigenvalue weighted by Gasteiger charge is 2.39. The van der Waals surface area contributed by atoms with Crippen LogP contribution in [0.5, 0.6) is 0 Å². The Kier molecular flexibility index (Phi) is 3.86. The summed E-state index contributed by atoms with van der Waals surface area (Å²) in [6, 6.07) is 0. The fraction of sp³-hybridized carbons (Fsp3) is 0.750. The number of carbonyl (C=O) groups is 1. The van der Waals surface area contributed by atoms with Gasteiger partial charge in [-0.05, 0) is 6.92 Å². The van der Waals surface area contributed by atoms with Gasteiger partial charge >= 0.3 is 0 Å². The van der Waals surface area contributed by atoms with Crippen LogP contribution in [0.25, 0.3) is 0 Å². The first-order chi connectivity index (χ1) is 8.92. The van der Waals surface area contributed by atoms with E-state index >= 15 is 0 Å². The maximum Gasteiger partial charge on any atom is 0.291 e. The van der Waals surface area contributed by atoms with Gasteiger partial charge in [0.25, 0.3) is 5.91 Å². The Labute approximate surface area is 111 Å². The molecule has 1 aromatic heterocycles. The summed E-state index contributed by atoms with van der Waals surface area (Å²) < 4.78 is 5.30. The second-order valence-corrected chi connectivity index (χ2v) is 5.25. The molecule has 7 heteroatoms. The number of H-pyrrole nitrogens is 1. The highest BCUT2D eigenvalue weighted by molar-refractivity contribution is 5.90. The molecule has 0 saturated carbocycles. The van der Waals surface area contributed by atoms with Crippen molar-refractivity contribution in [2.45, 2.75) is 44.8 Å². The SMILES string of the molecule is CC(C)c1nc(C(=O)NCC2(O)CCOC2C)n[nH]1. The van der Waals surface area contributed by atoms with Gasteiger partial charge in [-0.25, -0.2) is 4.98 Å². The largest absolute Gasteiger partial charge is 0.385 e. The zero-order valence-electron chi connectivity index (χ0n) is 11.4. The summed E-state index contributed by atoms with van der Waals surface area (Å²) in [4.78, 5) is 16.0. The number of aromatic amines is 1. The topological polar surface area (TPSA) is 100 Å². The van der Waals surface area contributed by atoms with Gasteiger partial charge < -0.3 is 15.2 Å². The van der Waals surface area contributed by atoms with Crippen molar-refractivity contribution in [3.63, 3.8) is 0 Å². The molecule has 1 aliphatic heterocycles. The van der Waals surface area contributed by atoms with Crippen LogP contribution < -0.4 is 5.32 Å². The molecule has 7 nitrogen and oxygen atoms in total. The Bertz CT molecular complexity index is 460. The van der Waals surface area contributed by atoms with Crippen LogP contribution in [0.15, 0.2) is 0 Å². The molecule has 0 radical (unpaired) electrons. The molecule has 1 aliphatic rings. The van der Waals surface area contributed by atoms with Crippen molar-refractivity contribution < 1.29 is 14.6 Å². The summed E-state index contributed by atoms with van der Waals surface area (Å²) in [6.45, 7) is 6.36. The lowest BCUT2D eigenvalue weighted by molar-refractivity contribution is -0.0252. The van der Waals surface area contributed by atoms with Crippen LogP contribution in [-0.4, -0.2) is 51.1 Å². The first-order valence-electron chi connectivity index (χ1n) is 6.47. The van der Waals surface area contributed by atoms with Gasteiger partial charge in [0.05, 0.1) is 6.10 Å². The van der Waals surface area contributed by atoms with E-state index in [0.29, 0.717) is 18.9 Å². The zero-order chi connectivity index (χ0) is 14.0. The van der Waals surface area contributed by atoms with Crippen molar-refractivity contribution in [3.8, 4) is 0 Å². The van der Waals surface area contributed by atoms with Crippen LogP contribution >= 0.6 is 0 Å². The molecular weight excluding hydrogens is 248 g/mol. The van der Waals surface area contributed by atoms with Crippen molar-refractivity contribution in [2.24, 2.45) is 0 Å². The monoisotopic (exact) mass is 268 g/mol. The number of rotatable bonds is 4. The van der Waals surface area contributed by atoms with Crippen LogP contribution in [0.3, 0.4) is 0 Å². The lowest BCUT2D eigenvalue weighted by Gasteiger charge is -2.25. The third-order valence-electron chi connectivity index (χ3n) is 3.47. The maximum atomic E-state index is 11.9. The van der Waals surface area contributed by atoms with Gasteiger partial charge in [-0.15, -0.1) is 5.10 Å². The highest BCUT2D eigenvalue weighted by Crippen LogP contribution is 2.24. The summed E-state index contributed by atoms with van der Waals surface area (Å²) in [5, 5.41) is 19.5. The van der Waals surface area contributed by atoms with Crippen LogP contribution in [0.4, 0.5) is 0 Å². The second-order valence-electron chi connectivity index (χ2n) is 5.25. The lowest BCUT2D eigenvalue weighted by Crippen LogP contribution is -2.47. The number of ether oxygens (including phenoxy) is 1. The number of nitrogens with one attached hydrogen (secondary N) is 2. The Morgan fingerprint density at radius 3 is 2.95 bits per heavy atom. The molecule has 1 amide bonds. The van der Waals surface area contributed by atoms with Crippen molar-refractivity contribution >= 4 is 5.91 Å². The van der Waals surface area contributed by atoms with Crippen molar-refractivity contribution in [3.05, 3.63) is 11.6 Å². The minimum atomic E-state index is -1.01. The van der Waals surface area contributed by atoms with Gasteiger partial charge in [-0.1, -0.05) is 13.8 Å². The number of carbonyl (C=O) groups excluding carboxylic acids is 1. The Morgan fingerprint density at radius 1 is 1.68 bits per heavy atom. The van der Waals surface area contributed by atoms with Crippen LogP contribution in [0, 0.1) is 0 Å². The van der Waals surface area contributed by atoms with Crippen LogP contribution in [-0.2, 0) is 4.74 Å². The number of amides is 1. The van der Waals surface area contributed by atoms with Crippen molar-refractivity contribution in [1.29, 1.82) is 0 Å². The summed E-state index contributed by atoms with van der Waals surface area (Å²) >= 11 is 0. The molecule has 1 aromatic rings. The highest BCUT2D eigenvalue weighted by atomic mass is 16.5. The zero-order valence-corrected chi connectivity index (χ0v) is 11.4. The number of aromatic nitrogens is 3. The molecule has 2 unspecified atom stereocenters. The molecule has 106 valence electrons. The standard InChI is InChI=1S/C12H20N4O3/c1-7(2)9-14-10(16-15-9)11(17)13-6-12(18)4-5-19-8(12)3/h7-8,18H,4-6H2,1-3H3,(H,13,17)(H,14,15,16). The molecule has 1 fully saturated rings. The normalized spacial score (nSPS) is 26.9. The van der Waals surface area contributed by atoms with E-state index in [4.69, 9.17) is 4.74 Å². The number of hydrogen-bond donors (Lipinski definition) is 3. The van der Waals surface area contributed by atoms with Gasteiger partial charge in [0.2, 0.25) is 5.82 Å². The van der Waals surface area contributed by atoms with Crippen molar-refractivity contribution in [2.75, 3.05) is 13.2 Å². The van der Waals surface area contributed by atoms with Crippen molar-refractivity contribution in [1.82, 2.24) is 20.5 Å². The summed E-state index contributed by atoms with van der Waals surface area (Å²) in [7, 11) is 0. The van der Waals surface area contributed by atoms with E-state index in [9.17, 15) is 9.90 Å². The van der Waals surface area contributed by atoms with Crippen LogP contribution in [0.1, 0.15) is 49.6 Å². The van der Waals surface area contributed by atoms with E-state index < -0.39 is 11.5 Å². The first-order valence-corrected chi connectivity index (χ1v) is 6.47. The van der Waals surface area contributed by atoms with Gasteiger partial charge in [-0.2, -0.15) is 0 Å². The Morgan fingerprint density at radius 2 is 2.42 bits per heavy atom. The smallest absolute Gasteiger partial charge is 0.291 e. The van der Waals surface area contributed by atoms with Gasteiger partial charge in [-0.3, -0.25) is 9.89 Å². The molecule has 0 aliphatic carbocycles. The first kappa shape index (κ1) is 14.0. The van der Waals surface area contributed by atoms with E-state index in [2.05, 4.69) is 20.5 Å². The average Bonchev–Trinajstić information content (AvgIpc) is 2.96. The molecule has 0 aromatic carbocycles. The molecule has 3 N–H and O–H groups in total. The van der Waals surface area contributed by atoms with Gasteiger partial charge in [0.1, 0.15) is 11.4 Å². The minimum absolute atomic E-state index is 0.0962.